The van der Waals surface area contributed by atoms with Crippen molar-refractivity contribution in [2.45, 2.75) is 13.5 Å². The molecule has 0 unspecified atom stereocenters. The van der Waals surface area contributed by atoms with Crippen LogP contribution in [0.5, 0.6) is 0 Å². The van der Waals surface area contributed by atoms with E-state index in [9.17, 15) is 4.79 Å². The summed E-state index contributed by atoms with van der Waals surface area (Å²) in [6.45, 7) is 1.85. The van der Waals surface area contributed by atoms with E-state index in [2.05, 4.69) is 10.1 Å². The van der Waals surface area contributed by atoms with E-state index in [1.165, 1.54) is 0 Å². The van der Waals surface area contributed by atoms with Crippen LogP contribution in [-0.4, -0.2) is 16.1 Å². The van der Waals surface area contributed by atoms with Crippen molar-refractivity contribution < 1.29 is 18.5 Å². The Morgan fingerprint density at radius 1 is 1.12 bits per heavy atom. The number of hydrogen-bond donors (Lipinski definition) is 0. The molecule has 6 nitrogen and oxygen atoms in total. The summed E-state index contributed by atoms with van der Waals surface area (Å²) in [5.74, 6) is 0.252. The molecule has 0 fully saturated rings. The lowest BCUT2D eigenvalue weighted by Gasteiger charge is -1.99. The van der Waals surface area contributed by atoms with Crippen LogP contribution in [0, 0.1) is 6.92 Å². The Labute approximate surface area is 143 Å². The molecule has 0 amide bonds. The van der Waals surface area contributed by atoms with Gasteiger partial charge in [0.05, 0.1) is 0 Å². The van der Waals surface area contributed by atoms with Crippen molar-refractivity contribution in [2.24, 2.45) is 0 Å². The fraction of sp³-hybridized carbons (Fsp3) is 0.105. The molecular weight excluding hydrogens is 320 g/mol. The number of esters is 1. The second kappa shape index (κ2) is 6.24. The van der Waals surface area contributed by atoms with Crippen molar-refractivity contribution >= 4 is 16.9 Å². The highest BCUT2D eigenvalue weighted by molar-refractivity contribution is 5.92. The average molecular weight is 334 g/mol. The molecule has 2 heterocycles. The van der Waals surface area contributed by atoms with Crippen molar-refractivity contribution in [3.8, 4) is 11.4 Å². The number of fused-ring (bicyclic) bond motifs is 1. The van der Waals surface area contributed by atoms with Gasteiger partial charge in [0, 0.05) is 10.9 Å². The molecule has 0 radical (unpaired) electrons. The normalized spacial score (nSPS) is 10.9. The molecule has 6 heteroatoms. The molecule has 0 N–H and O–H groups in total. The van der Waals surface area contributed by atoms with E-state index in [1.54, 1.807) is 12.1 Å². The fourth-order valence-electron chi connectivity index (χ4n) is 2.53. The highest BCUT2D eigenvalue weighted by Crippen LogP contribution is 2.21. The third kappa shape index (κ3) is 3.01. The van der Waals surface area contributed by atoms with Gasteiger partial charge in [0.1, 0.15) is 5.58 Å². The van der Waals surface area contributed by atoms with E-state index in [-0.39, 0.29) is 18.3 Å². The van der Waals surface area contributed by atoms with Gasteiger partial charge in [0.15, 0.2) is 6.61 Å². The van der Waals surface area contributed by atoms with Gasteiger partial charge in [0.25, 0.3) is 5.89 Å². The number of benzene rings is 2. The molecule has 0 saturated carbocycles. The molecule has 0 aliphatic rings. The molecule has 0 bridgehead atoms. The number of furan rings is 1. The molecule has 0 atom stereocenters. The topological polar surface area (TPSA) is 78.4 Å². The standard InChI is InChI=1S/C19H14N2O4/c1-12-6-2-4-8-14(12)18-20-17(25-21-18)11-23-19(22)16-10-13-7-3-5-9-15(13)24-16/h2-10H,11H2,1H3. The Morgan fingerprint density at radius 3 is 2.76 bits per heavy atom. The van der Waals surface area contributed by atoms with Crippen LogP contribution < -0.4 is 0 Å². The van der Waals surface area contributed by atoms with Gasteiger partial charge in [-0.05, 0) is 24.6 Å². The Morgan fingerprint density at radius 2 is 1.92 bits per heavy atom. The minimum Gasteiger partial charge on any atom is -0.450 e. The number of hydrogen-bond acceptors (Lipinski definition) is 6. The van der Waals surface area contributed by atoms with E-state index in [0.29, 0.717) is 11.4 Å². The number of carbonyl (C=O) groups is 1. The molecule has 0 saturated heterocycles. The Bertz CT molecular complexity index is 1020. The van der Waals surface area contributed by atoms with Gasteiger partial charge < -0.3 is 13.7 Å². The molecule has 0 aliphatic heterocycles. The zero-order chi connectivity index (χ0) is 17.2. The Hall–Kier alpha value is -3.41. The summed E-state index contributed by atoms with van der Waals surface area (Å²) in [7, 11) is 0. The first-order valence-corrected chi connectivity index (χ1v) is 7.75. The van der Waals surface area contributed by atoms with E-state index in [1.807, 2.05) is 49.4 Å². The molecule has 4 rings (SSSR count). The lowest BCUT2D eigenvalue weighted by molar-refractivity contribution is 0.0396. The summed E-state index contributed by atoms with van der Waals surface area (Å²) in [5, 5.41) is 4.77. The smallest absolute Gasteiger partial charge is 0.374 e. The lowest BCUT2D eigenvalue weighted by atomic mass is 10.1. The highest BCUT2D eigenvalue weighted by atomic mass is 16.6. The zero-order valence-electron chi connectivity index (χ0n) is 13.4. The summed E-state index contributed by atoms with van der Waals surface area (Å²) in [5.41, 5.74) is 2.55. The van der Waals surface area contributed by atoms with Crippen LogP contribution in [0.4, 0.5) is 0 Å². The minimum absolute atomic E-state index is 0.116. The number of carbonyl (C=O) groups excluding carboxylic acids is 1. The van der Waals surface area contributed by atoms with Crippen LogP contribution in [0.1, 0.15) is 22.0 Å². The predicted molar refractivity (Wildman–Crippen MR) is 89.8 cm³/mol. The quantitative estimate of drug-likeness (QED) is 0.522. The molecule has 124 valence electrons. The van der Waals surface area contributed by atoms with Crippen molar-refractivity contribution in [3.63, 3.8) is 0 Å². The average Bonchev–Trinajstić information content (AvgIpc) is 3.27. The van der Waals surface area contributed by atoms with Gasteiger partial charge in [-0.3, -0.25) is 0 Å². The van der Waals surface area contributed by atoms with E-state index in [4.69, 9.17) is 13.7 Å². The van der Waals surface area contributed by atoms with E-state index in [0.717, 1.165) is 16.5 Å². The molecule has 4 aromatic rings. The van der Waals surface area contributed by atoms with Gasteiger partial charge in [-0.25, -0.2) is 4.79 Å². The molecule has 2 aromatic carbocycles. The van der Waals surface area contributed by atoms with Gasteiger partial charge in [-0.1, -0.05) is 47.6 Å². The van der Waals surface area contributed by atoms with Crippen LogP contribution in [0.3, 0.4) is 0 Å². The fourth-order valence-corrected chi connectivity index (χ4v) is 2.53. The predicted octanol–water partition coefficient (Wildman–Crippen LogP) is 4.15. The van der Waals surface area contributed by atoms with E-state index < -0.39 is 5.97 Å². The number of aromatic nitrogens is 2. The van der Waals surface area contributed by atoms with E-state index >= 15 is 0 Å². The maximum atomic E-state index is 12.1. The largest absolute Gasteiger partial charge is 0.450 e. The number of rotatable bonds is 4. The van der Waals surface area contributed by atoms with Crippen molar-refractivity contribution in [1.29, 1.82) is 0 Å². The summed E-state index contributed by atoms with van der Waals surface area (Å²) in [4.78, 5) is 16.4. The highest BCUT2D eigenvalue weighted by Gasteiger charge is 2.16. The first-order valence-electron chi connectivity index (χ1n) is 7.75. The monoisotopic (exact) mass is 334 g/mol. The Kier molecular flexibility index (Phi) is 3.78. The minimum atomic E-state index is -0.577. The summed E-state index contributed by atoms with van der Waals surface area (Å²) in [6.07, 6.45) is 0. The Balaban J connectivity index is 1.46. The zero-order valence-corrected chi connectivity index (χ0v) is 13.4. The third-order valence-corrected chi connectivity index (χ3v) is 3.81. The molecular formula is C19H14N2O4. The molecule has 2 aromatic heterocycles. The maximum absolute atomic E-state index is 12.1. The first-order chi connectivity index (χ1) is 12.2. The molecule has 25 heavy (non-hydrogen) atoms. The SMILES string of the molecule is Cc1ccccc1-c1noc(COC(=O)c2cc3ccccc3o2)n1. The maximum Gasteiger partial charge on any atom is 0.374 e. The van der Waals surface area contributed by atoms with Gasteiger partial charge in [-0.15, -0.1) is 0 Å². The van der Waals surface area contributed by atoms with Crippen LogP contribution in [-0.2, 0) is 11.3 Å². The summed E-state index contributed by atoms with van der Waals surface area (Å²) >= 11 is 0. The molecule has 0 aliphatic carbocycles. The third-order valence-electron chi connectivity index (χ3n) is 3.81. The summed E-state index contributed by atoms with van der Waals surface area (Å²) < 4.78 is 15.8. The summed E-state index contributed by atoms with van der Waals surface area (Å²) in [6, 6.07) is 16.7. The van der Waals surface area contributed by atoms with Crippen molar-refractivity contribution in [3.05, 3.63) is 71.8 Å². The van der Waals surface area contributed by atoms with Gasteiger partial charge >= 0.3 is 5.97 Å². The number of nitrogens with zero attached hydrogens (tertiary/aromatic N) is 2. The van der Waals surface area contributed by atoms with Crippen LogP contribution in [0.25, 0.3) is 22.4 Å². The lowest BCUT2D eigenvalue weighted by Crippen LogP contribution is -2.04. The van der Waals surface area contributed by atoms with Crippen molar-refractivity contribution in [1.82, 2.24) is 10.1 Å². The van der Waals surface area contributed by atoms with Crippen molar-refractivity contribution in [2.75, 3.05) is 0 Å². The van der Waals surface area contributed by atoms with Crippen LogP contribution >= 0.6 is 0 Å². The first kappa shape index (κ1) is 15.1. The number of ether oxygens (including phenoxy) is 1. The second-order valence-corrected chi connectivity index (χ2v) is 5.55. The number of para-hydroxylation sites is 1. The molecule has 0 spiro atoms. The number of aryl methyl sites for hydroxylation is 1. The van der Waals surface area contributed by atoms with Gasteiger partial charge in [-0.2, -0.15) is 4.98 Å². The van der Waals surface area contributed by atoms with Crippen LogP contribution in [0.15, 0.2) is 63.5 Å². The van der Waals surface area contributed by atoms with Crippen LogP contribution in [0.2, 0.25) is 0 Å². The van der Waals surface area contributed by atoms with Gasteiger partial charge in [0.2, 0.25) is 11.6 Å². The second-order valence-electron chi connectivity index (χ2n) is 5.55.